The van der Waals surface area contributed by atoms with E-state index >= 15 is 0 Å². The van der Waals surface area contributed by atoms with Crippen molar-refractivity contribution in [3.8, 4) is 17.6 Å². The second kappa shape index (κ2) is 9.19. The van der Waals surface area contributed by atoms with Crippen molar-refractivity contribution >= 4 is 23.4 Å². The number of benzene rings is 1. The van der Waals surface area contributed by atoms with Gasteiger partial charge in [0.25, 0.3) is 0 Å². The van der Waals surface area contributed by atoms with E-state index in [4.69, 9.17) is 10.00 Å². The van der Waals surface area contributed by atoms with Crippen LogP contribution < -0.4 is 10.1 Å². The van der Waals surface area contributed by atoms with Crippen LogP contribution in [0.2, 0.25) is 0 Å². The lowest BCUT2D eigenvalue weighted by Gasteiger charge is -2.13. The molecule has 0 atom stereocenters. The van der Waals surface area contributed by atoms with E-state index in [2.05, 4.69) is 20.3 Å². The molecule has 1 aromatic carbocycles. The van der Waals surface area contributed by atoms with Crippen molar-refractivity contribution in [2.75, 3.05) is 5.32 Å². The summed E-state index contributed by atoms with van der Waals surface area (Å²) in [4.78, 5) is 13.5. The van der Waals surface area contributed by atoms with Crippen molar-refractivity contribution in [1.82, 2.24) is 15.0 Å². The second-order valence-electron chi connectivity index (χ2n) is 6.13. The predicted molar refractivity (Wildman–Crippen MR) is 111 cm³/mol. The SMILES string of the molecule is N#Cc1ccc(Nc2ncc(Sc3ccccn3)cc2Oc2ccc(F)c(F)c2)nc1. The highest BCUT2D eigenvalue weighted by atomic mass is 32.2. The van der Waals surface area contributed by atoms with E-state index in [1.165, 1.54) is 24.0 Å². The first-order valence-corrected chi connectivity index (χ1v) is 9.77. The molecule has 3 aromatic heterocycles. The molecule has 0 radical (unpaired) electrons. The molecule has 0 amide bonds. The minimum Gasteiger partial charge on any atom is -0.453 e. The zero-order chi connectivity index (χ0) is 21.6. The Morgan fingerprint density at radius 3 is 2.55 bits per heavy atom. The number of ether oxygens (including phenoxy) is 1. The molecule has 1 N–H and O–H groups in total. The van der Waals surface area contributed by atoms with Gasteiger partial charge in [-0.05, 0) is 36.4 Å². The maximum absolute atomic E-state index is 13.6. The monoisotopic (exact) mass is 433 g/mol. The fourth-order valence-electron chi connectivity index (χ4n) is 2.50. The average Bonchev–Trinajstić information content (AvgIpc) is 2.79. The molecular weight excluding hydrogens is 420 g/mol. The minimum absolute atomic E-state index is 0.108. The van der Waals surface area contributed by atoms with Gasteiger partial charge < -0.3 is 10.1 Å². The number of nitrogens with one attached hydrogen (secondary N) is 1. The number of rotatable bonds is 6. The Hall–Kier alpha value is -4.03. The van der Waals surface area contributed by atoms with Crippen molar-refractivity contribution in [3.63, 3.8) is 0 Å². The van der Waals surface area contributed by atoms with Crippen molar-refractivity contribution < 1.29 is 13.5 Å². The summed E-state index contributed by atoms with van der Waals surface area (Å²) < 4.78 is 32.7. The van der Waals surface area contributed by atoms with Crippen LogP contribution in [0.4, 0.5) is 20.4 Å². The minimum atomic E-state index is -1.02. The van der Waals surface area contributed by atoms with E-state index in [1.807, 2.05) is 24.3 Å². The number of aromatic nitrogens is 3. The van der Waals surface area contributed by atoms with E-state index in [0.29, 0.717) is 17.2 Å². The van der Waals surface area contributed by atoms with E-state index < -0.39 is 11.6 Å². The first kappa shape index (κ1) is 20.3. The average molecular weight is 433 g/mol. The molecule has 0 fully saturated rings. The maximum Gasteiger partial charge on any atom is 0.175 e. The lowest BCUT2D eigenvalue weighted by atomic mass is 10.3. The van der Waals surface area contributed by atoms with Gasteiger partial charge in [-0.1, -0.05) is 17.8 Å². The largest absolute Gasteiger partial charge is 0.453 e. The van der Waals surface area contributed by atoms with Crippen molar-refractivity contribution in [1.29, 1.82) is 5.26 Å². The Bertz CT molecular complexity index is 1250. The van der Waals surface area contributed by atoms with Crippen LogP contribution in [0, 0.1) is 23.0 Å². The third-order valence-electron chi connectivity index (χ3n) is 3.95. The molecule has 0 saturated heterocycles. The molecule has 152 valence electrons. The summed E-state index contributed by atoms with van der Waals surface area (Å²) in [6, 6.07) is 15.7. The van der Waals surface area contributed by atoms with Gasteiger partial charge in [-0.25, -0.2) is 23.7 Å². The molecule has 0 aliphatic heterocycles. The predicted octanol–water partition coefficient (Wildman–Crippen LogP) is 5.71. The first-order valence-electron chi connectivity index (χ1n) is 8.96. The molecule has 0 aliphatic carbocycles. The van der Waals surface area contributed by atoms with Crippen LogP contribution in [0.5, 0.6) is 11.5 Å². The summed E-state index contributed by atoms with van der Waals surface area (Å²) in [5, 5.41) is 12.7. The van der Waals surface area contributed by atoms with E-state index in [-0.39, 0.29) is 11.5 Å². The van der Waals surface area contributed by atoms with Gasteiger partial charge in [0.15, 0.2) is 23.2 Å². The molecule has 4 rings (SSSR count). The normalized spacial score (nSPS) is 10.4. The van der Waals surface area contributed by atoms with Gasteiger partial charge in [-0.15, -0.1) is 0 Å². The van der Waals surface area contributed by atoms with Gasteiger partial charge in [0.2, 0.25) is 0 Å². The highest BCUT2D eigenvalue weighted by molar-refractivity contribution is 7.99. The van der Waals surface area contributed by atoms with Crippen molar-refractivity contribution in [3.05, 3.63) is 90.4 Å². The molecule has 31 heavy (non-hydrogen) atoms. The van der Waals surface area contributed by atoms with Gasteiger partial charge in [-0.3, -0.25) is 0 Å². The summed E-state index contributed by atoms with van der Waals surface area (Å²) in [6.45, 7) is 0. The van der Waals surface area contributed by atoms with Gasteiger partial charge in [0.05, 0.1) is 5.56 Å². The lowest BCUT2D eigenvalue weighted by Crippen LogP contribution is -2.00. The van der Waals surface area contributed by atoms with E-state index in [1.54, 1.807) is 30.6 Å². The Morgan fingerprint density at radius 2 is 1.84 bits per heavy atom. The second-order valence-corrected chi connectivity index (χ2v) is 7.23. The molecule has 0 aliphatic rings. The summed E-state index contributed by atoms with van der Waals surface area (Å²) in [5.41, 5.74) is 0.416. The number of hydrogen-bond acceptors (Lipinski definition) is 7. The number of nitriles is 1. The van der Waals surface area contributed by atoms with Crippen LogP contribution in [-0.4, -0.2) is 15.0 Å². The van der Waals surface area contributed by atoms with Crippen molar-refractivity contribution in [2.45, 2.75) is 9.92 Å². The number of anilines is 2. The number of nitrogens with zero attached hydrogens (tertiary/aromatic N) is 4. The smallest absolute Gasteiger partial charge is 0.175 e. The number of pyridine rings is 3. The first-order chi connectivity index (χ1) is 15.1. The summed E-state index contributed by atoms with van der Waals surface area (Å²) >= 11 is 1.37. The zero-order valence-corrected chi connectivity index (χ0v) is 16.6. The molecular formula is C22H13F2N5OS. The van der Waals surface area contributed by atoms with Gasteiger partial charge in [-0.2, -0.15) is 5.26 Å². The molecule has 0 unspecified atom stereocenters. The van der Waals surface area contributed by atoms with Crippen LogP contribution in [0.15, 0.2) is 83.1 Å². The van der Waals surface area contributed by atoms with Crippen molar-refractivity contribution in [2.24, 2.45) is 0 Å². The highest BCUT2D eigenvalue weighted by Crippen LogP contribution is 2.35. The molecule has 0 saturated carbocycles. The topological polar surface area (TPSA) is 83.7 Å². The van der Waals surface area contributed by atoms with Gasteiger partial charge in [0.1, 0.15) is 22.7 Å². The fourth-order valence-corrected chi connectivity index (χ4v) is 3.28. The molecule has 4 aromatic rings. The van der Waals surface area contributed by atoms with Crippen LogP contribution in [-0.2, 0) is 0 Å². The quantitative estimate of drug-likeness (QED) is 0.417. The summed E-state index contributed by atoms with van der Waals surface area (Å²) in [6.07, 6.45) is 4.73. The van der Waals surface area contributed by atoms with E-state index in [0.717, 1.165) is 22.1 Å². The Labute approximate surface area is 180 Å². The summed E-state index contributed by atoms with van der Waals surface area (Å²) in [7, 11) is 0. The maximum atomic E-state index is 13.6. The molecule has 6 nitrogen and oxygen atoms in total. The third-order valence-corrected chi connectivity index (χ3v) is 4.86. The Kier molecular flexibility index (Phi) is 6.01. The highest BCUT2D eigenvalue weighted by Gasteiger charge is 2.13. The van der Waals surface area contributed by atoms with Gasteiger partial charge >= 0.3 is 0 Å². The van der Waals surface area contributed by atoms with Crippen LogP contribution in [0.3, 0.4) is 0 Å². The van der Waals surface area contributed by atoms with Crippen LogP contribution in [0.25, 0.3) is 0 Å². The molecule has 3 heterocycles. The molecule has 0 bridgehead atoms. The molecule has 0 spiro atoms. The summed E-state index contributed by atoms with van der Waals surface area (Å²) in [5.74, 6) is -0.855. The van der Waals surface area contributed by atoms with Crippen LogP contribution in [0.1, 0.15) is 5.56 Å². The Morgan fingerprint density at radius 1 is 0.935 bits per heavy atom. The lowest BCUT2D eigenvalue weighted by molar-refractivity contribution is 0.460. The Balaban J connectivity index is 1.66. The number of halogens is 2. The van der Waals surface area contributed by atoms with Gasteiger partial charge in [0, 0.05) is 35.6 Å². The fraction of sp³-hybridized carbons (Fsp3) is 0. The number of hydrogen-bond donors (Lipinski definition) is 1. The third kappa shape index (κ3) is 5.12. The standard InChI is InChI=1S/C22H13F2N5OS/c23-17-6-5-15(9-18(17)24)30-19-10-16(31-21-3-1-2-8-26-21)13-28-22(19)29-20-7-4-14(11-25)12-27-20/h1-10,12-13H,(H,27,28,29). The zero-order valence-electron chi connectivity index (χ0n) is 15.8. The van der Waals surface area contributed by atoms with Crippen LogP contribution >= 0.6 is 11.8 Å². The molecule has 9 heteroatoms. The van der Waals surface area contributed by atoms with E-state index in [9.17, 15) is 8.78 Å².